The number of alkyl halides is 3. The first-order chi connectivity index (χ1) is 8.38. The highest BCUT2D eigenvalue weighted by Crippen LogP contribution is 2.32. The van der Waals surface area contributed by atoms with Crippen LogP contribution in [0.1, 0.15) is 5.56 Å². The summed E-state index contributed by atoms with van der Waals surface area (Å²) in [7, 11) is 0. The van der Waals surface area contributed by atoms with Crippen LogP contribution in [0.5, 0.6) is 0 Å². The summed E-state index contributed by atoms with van der Waals surface area (Å²) in [5.74, 6) is -1.40. The molecule has 1 aromatic heterocycles. The van der Waals surface area contributed by atoms with Crippen LogP contribution in [-0.2, 0) is 6.18 Å². The lowest BCUT2D eigenvalue weighted by Gasteiger charge is -2.09. The Kier molecular flexibility index (Phi) is 2.90. The van der Waals surface area contributed by atoms with E-state index in [0.29, 0.717) is 12.1 Å². The van der Waals surface area contributed by atoms with E-state index in [-0.39, 0.29) is 11.3 Å². The minimum Gasteiger partial charge on any atom is -0.319 e. The van der Waals surface area contributed by atoms with E-state index in [1.807, 2.05) is 0 Å². The molecule has 2 aromatic rings. The van der Waals surface area contributed by atoms with Gasteiger partial charge in [-0.15, -0.1) is 0 Å². The first kappa shape index (κ1) is 12.3. The third-order valence-electron chi connectivity index (χ3n) is 2.24. The summed E-state index contributed by atoms with van der Waals surface area (Å²) in [5.41, 5.74) is -1.61. The number of rotatable bonds is 1. The SMILES string of the molecule is O=c1cncc(-c2ccc(C(F)(F)F)c(F)c2)[nH]1. The standard InChI is InChI=1S/C11H6F4N2O/c12-8-3-6(1-2-7(8)11(13,14)15)9-4-16-5-10(18)17-9/h1-5H,(H,17,18). The normalized spacial score (nSPS) is 11.6. The second kappa shape index (κ2) is 4.25. The fourth-order valence-electron chi connectivity index (χ4n) is 1.44. The number of nitrogens with one attached hydrogen (secondary N) is 1. The van der Waals surface area contributed by atoms with Crippen molar-refractivity contribution in [2.24, 2.45) is 0 Å². The van der Waals surface area contributed by atoms with Gasteiger partial charge in [0, 0.05) is 5.56 Å². The molecule has 0 spiro atoms. The molecule has 0 bridgehead atoms. The molecule has 3 nitrogen and oxygen atoms in total. The maximum Gasteiger partial charge on any atom is 0.419 e. The Labute approximate surface area is 98.1 Å². The maximum atomic E-state index is 13.3. The van der Waals surface area contributed by atoms with E-state index in [9.17, 15) is 22.4 Å². The lowest BCUT2D eigenvalue weighted by molar-refractivity contribution is -0.139. The van der Waals surface area contributed by atoms with Crippen LogP contribution in [-0.4, -0.2) is 9.97 Å². The number of benzene rings is 1. The van der Waals surface area contributed by atoms with Crippen LogP contribution in [0.25, 0.3) is 11.3 Å². The quantitative estimate of drug-likeness (QED) is 0.799. The number of aromatic amines is 1. The molecule has 0 aliphatic rings. The van der Waals surface area contributed by atoms with Gasteiger partial charge in [-0.25, -0.2) is 4.39 Å². The molecular formula is C11H6F4N2O. The molecule has 2 rings (SSSR count). The molecular weight excluding hydrogens is 252 g/mol. The van der Waals surface area contributed by atoms with Crippen LogP contribution in [0.2, 0.25) is 0 Å². The summed E-state index contributed by atoms with van der Waals surface area (Å²) in [6, 6.07) is 2.39. The Morgan fingerprint density at radius 2 is 1.89 bits per heavy atom. The van der Waals surface area contributed by atoms with Crippen molar-refractivity contribution in [2.75, 3.05) is 0 Å². The Hall–Kier alpha value is -2.18. The molecule has 0 atom stereocenters. The molecule has 1 heterocycles. The van der Waals surface area contributed by atoms with Gasteiger partial charge in [-0.05, 0) is 12.1 Å². The fourth-order valence-corrected chi connectivity index (χ4v) is 1.44. The maximum absolute atomic E-state index is 13.3. The molecule has 7 heteroatoms. The molecule has 0 aliphatic carbocycles. The van der Waals surface area contributed by atoms with Crippen LogP contribution >= 0.6 is 0 Å². The van der Waals surface area contributed by atoms with Crippen molar-refractivity contribution in [3.8, 4) is 11.3 Å². The number of hydrogen-bond donors (Lipinski definition) is 1. The second-order valence-electron chi connectivity index (χ2n) is 3.50. The number of nitrogens with zero attached hydrogens (tertiary/aromatic N) is 1. The van der Waals surface area contributed by atoms with E-state index in [2.05, 4.69) is 9.97 Å². The molecule has 1 aromatic carbocycles. The predicted octanol–water partition coefficient (Wildman–Crippen LogP) is 2.59. The van der Waals surface area contributed by atoms with Crippen LogP contribution in [0, 0.1) is 5.82 Å². The monoisotopic (exact) mass is 258 g/mol. The van der Waals surface area contributed by atoms with Gasteiger partial charge < -0.3 is 4.98 Å². The number of halogens is 4. The highest BCUT2D eigenvalue weighted by molar-refractivity contribution is 5.58. The van der Waals surface area contributed by atoms with Gasteiger partial charge in [0.1, 0.15) is 5.82 Å². The number of aromatic nitrogens is 2. The smallest absolute Gasteiger partial charge is 0.319 e. The molecule has 0 radical (unpaired) electrons. The summed E-state index contributed by atoms with van der Waals surface area (Å²) in [5, 5.41) is 0. The summed E-state index contributed by atoms with van der Waals surface area (Å²) >= 11 is 0. The van der Waals surface area contributed by atoms with Crippen molar-refractivity contribution in [1.29, 1.82) is 0 Å². The Morgan fingerprint density at radius 1 is 1.17 bits per heavy atom. The highest BCUT2D eigenvalue weighted by Gasteiger charge is 2.33. The first-order valence-corrected chi connectivity index (χ1v) is 4.79. The minimum absolute atomic E-state index is 0.116. The average molecular weight is 258 g/mol. The molecule has 18 heavy (non-hydrogen) atoms. The van der Waals surface area contributed by atoms with Gasteiger partial charge in [-0.2, -0.15) is 13.2 Å². The lowest BCUT2D eigenvalue weighted by Crippen LogP contribution is -2.09. The van der Waals surface area contributed by atoms with Crippen LogP contribution in [0.3, 0.4) is 0 Å². The van der Waals surface area contributed by atoms with E-state index in [0.717, 1.165) is 12.3 Å². The Bertz CT molecular complexity index is 633. The summed E-state index contributed by atoms with van der Waals surface area (Å²) < 4.78 is 50.3. The topological polar surface area (TPSA) is 45.8 Å². The first-order valence-electron chi connectivity index (χ1n) is 4.79. The van der Waals surface area contributed by atoms with Crippen LogP contribution < -0.4 is 5.56 Å². The van der Waals surface area contributed by atoms with Gasteiger partial charge in [-0.3, -0.25) is 9.78 Å². The second-order valence-corrected chi connectivity index (χ2v) is 3.50. The van der Waals surface area contributed by atoms with Gasteiger partial charge >= 0.3 is 6.18 Å². The van der Waals surface area contributed by atoms with Gasteiger partial charge in [0.2, 0.25) is 0 Å². The van der Waals surface area contributed by atoms with Crippen molar-refractivity contribution in [1.82, 2.24) is 9.97 Å². The largest absolute Gasteiger partial charge is 0.419 e. The fraction of sp³-hybridized carbons (Fsp3) is 0.0909. The zero-order valence-corrected chi connectivity index (χ0v) is 8.75. The van der Waals surface area contributed by atoms with Crippen molar-refractivity contribution >= 4 is 0 Å². The average Bonchev–Trinajstić information content (AvgIpc) is 2.27. The third kappa shape index (κ3) is 2.39. The molecule has 0 amide bonds. The zero-order valence-electron chi connectivity index (χ0n) is 8.75. The molecule has 0 unspecified atom stereocenters. The van der Waals surface area contributed by atoms with Crippen molar-refractivity contribution in [3.05, 3.63) is 52.3 Å². The zero-order chi connectivity index (χ0) is 13.3. The van der Waals surface area contributed by atoms with E-state index in [4.69, 9.17) is 0 Å². The molecule has 94 valence electrons. The van der Waals surface area contributed by atoms with E-state index in [1.165, 1.54) is 6.20 Å². The summed E-state index contributed by atoms with van der Waals surface area (Å²) in [6.07, 6.45) is -2.52. The predicted molar refractivity (Wildman–Crippen MR) is 55.3 cm³/mol. The minimum atomic E-state index is -4.75. The highest BCUT2D eigenvalue weighted by atomic mass is 19.4. The Balaban J connectivity index is 2.50. The lowest BCUT2D eigenvalue weighted by atomic mass is 10.1. The molecule has 1 N–H and O–H groups in total. The van der Waals surface area contributed by atoms with Crippen molar-refractivity contribution in [2.45, 2.75) is 6.18 Å². The van der Waals surface area contributed by atoms with Crippen LogP contribution in [0.15, 0.2) is 35.4 Å². The van der Waals surface area contributed by atoms with E-state index < -0.39 is 23.1 Å². The van der Waals surface area contributed by atoms with Gasteiger partial charge in [0.15, 0.2) is 0 Å². The van der Waals surface area contributed by atoms with Gasteiger partial charge in [0.05, 0.1) is 23.7 Å². The molecule has 0 fully saturated rings. The third-order valence-corrected chi connectivity index (χ3v) is 2.24. The number of H-pyrrole nitrogens is 1. The van der Waals surface area contributed by atoms with Gasteiger partial charge in [0.25, 0.3) is 5.56 Å². The van der Waals surface area contributed by atoms with Crippen LogP contribution in [0.4, 0.5) is 17.6 Å². The molecule has 0 aliphatic heterocycles. The van der Waals surface area contributed by atoms with Crippen molar-refractivity contribution < 1.29 is 17.6 Å². The number of hydrogen-bond acceptors (Lipinski definition) is 2. The summed E-state index contributed by atoms with van der Waals surface area (Å²) in [4.78, 5) is 16.9. The molecule has 0 saturated heterocycles. The molecule has 0 saturated carbocycles. The summed E-state index contributed by atoms with van der Waals surface area (Å²) in [6.45, 7) is 0. The van der Waals surface area contributed by atoms with Crippen molar-refractivity contribution in [3.63, 3.8) is 0 Å². The van der Waals surface area contributed by atoms with E-state index in [1.54, 1.807) is 0 Å². The van der Waals surface area contributed by atoms with Gasteiger partial charge in [-0.1, -0.05) is 6.07 Å². The van der Waals surface area contributed by atoms with E-state index >= 15 is 0 Å². The Morgan fingerprint density at radius 3 is 2.44 bits per heavy atom.